The van der Waals surface area contributed by atoms with Crippen molar-refractivity contribution in [3.63, 3.8) is 0 Å². The molecule has 3 rings (SSSR count). The first-order valence-electron chi connectivity index (χ1n) is 7.93. The fourth-order valence-corrected chi connectivity index (χ4v) is 2.72. The third-order valence-corrected chi connectivity index (χ3v) is 4.09. The lowest BCUT2D eigenvalue weighted by molar-refractivity contribution is -0.123. The molecule has 5 nitrogen and oxygen atoms in total. The Morgan fingerprint density at radius 3 is 2.62 bits per heavy atom. The molecule has 26 heavy (non-hydrogen) atoms. The summed E-state index contributed by atoms with van der Waals surface area (Å²) in [5.74, 6) is 0.241. The number of benzene rings is 2. The van der Waals surface area contributed by atoms with Crippen LogP contribution < -0.4 is 10.2 Å². The van der Waals surface area contributed by atoms with Crippen molar-refractivity contribution < 1.29 is 9.53 Å². The van der Waals surface area contributed by atoms with E-state index in [-0.39, 0.29) is 12.5 Å². The number of carbonyl (C=O) groups excluding carboxylic acids is 1. The number of hydrazone groups is 1. The summed E-state index contributed by atoms with van der Waals surface area (Å²) >= 11 is 3.48. The Morgan fingerprint density at radius 2 is 1.88 bits per heavy atom. The summed E-state index contributed by atoms with van der Waals surface area (Å²) in [5, 5.41) is 3.85. The molecule has 1 heterocycles. The van der Waals surface area contributed by atoms with E-state index in [1.165, 1.54) is 6.21 Å². The maximum atomic E-state index is 11.8. The molecular weight excluding hydrogens is 394 g/mol. The molecule has 130 valence electrons. The summed E-state index contributed by atoms with van der Waals surface area (Å²) in [6.07, 6.45) is 3.13. The van der Waals surface area contributed by atoms with Gasteiger partial charge in [-0.2, -0.15) is 5.10 Å². The van der Waals surface area contributed by atoms with Gasteiger partial charge in [-0.25, -0.2) is 5.43 Å². The lowest BCUT2D eigenvalue weighted by Crippen LogP contribution is -2.24. The molecule has 0 radical (unpaired) electrons. The Balaban J connectivity index is 1.54. The average molecular weight is 410 g/mol. The van der Waals surface area contributed by atoms with Crippen molar-refractivity contribution in [3.8, 4) is 16.9 Å². The molecule has 3 aromatic rings. The zero-order valence-electron chi connectivity index (χ0n) is 13.8. The van der Waals surface area contributed by atoms with Crippen LogP contribution >= 0.6 is 15.9 Å². The third-order valence-electron chi connectivity index (χ3n) is 3.47. The van der Waals surface area contributed by atoms with Crippen LogP contribution in [0.2, 0.25) is 0 Å². The number of rotatable bonds is 6. The number of amides is 1. The van der Waals surface area contributed by atoms with Crippen LogP contribution in [-0.4, -0.2) is 23.7 Å². The first kappa shape index (κ1) is 17.8. The van der Waals surface area contributed by atoms with Gasteiger partial charge in [0.15, 0.2) is 6.61 Å². The van der Waals surface area contributed by atoms with Crippen molar-refractivity contribution in [3.05, 3.63) is 83.1 Å². The van der Waals surface area contributed by atoms with E-state index in [4.69, 9.17) is 4.74 Å². The van der Waals surface area contributed by atoms with Gasteiger partial charge in [0.25, 0.3) is 5.91 Å². The molecule has 0 aliphatic heterocycles. The Kier molecular flexibility index (Phi) is 6.11. The molecule has 0 aliphatic carbocycles. The molecule has 0 bridgehead atoms. The highest BCUT2D eigenvalue weighted by Crippen LogP contribution is 2.30. The number of hydrogen-bond donors (Lipinski definition) is 1. The second-order valence-electron chi connectivity index (χ2n) is 5.35. The highest BCUT2D eigenvalue weighted by Gasteiger charge is 2.07. The number of carbonyl (C=O) groups is 1. The minimum atomic E-state index is -0.351. The predicted octanol–water partition coefficient (Wildman–Crippen LogP) is 4.04. The fourth-order valence-electron chi connectivity index (χ4n) is 2.23. The molecule has 0 saturated carbocycles. The SMILES string of the molecule is O=C(COc1ccc(-c2ccccc2)cc1Br)N/N=C/c1ccccn1. The van der Waals surface area contributed by atoms with E-state index >= 15 is 0 Å². The quantitative estimate of drug-likeness (QED) is 0.493. The summed E-state index contributed by atoms with van der Waals surface area (Å²) in [7, 11) is 0. The van der Waals surface area contributed by atoms with Crippen LogP contribution in [0.15, 0.2) is 82.5 Å². The molecular formula is C20H16BrN3O2. The van der Waals surface area contributed by atoms with Crippen molar-refractivity contribution in [2.24, 2.45) is 5.10 Å². The van der Waals surface area contributed by atoms with E-state index in [1.807, 2.05) is 60.7 Å². The summed E-state index contributed by atoms with van der Waals surface area (Å²) in [5.41, 5.74) is 5.24. The summed E-state index contributed by atoms with van der Waals surface area (Å²) in [4.78, 5) is 15.9. The third kappa shape index (κ3) is 5.00. The highest BCUT2D eigenvalue weighted by molar-refractivity contribution is 9.10. The number of pyridine rings is 1. The van der Waals surface area contributed by atoms with Gasteiger partial charge in [-0.3, -0.25) is 9.78 Å². The van der Waals surface area contributed by atoms with Gasteiger partial charge >= 0.3 is 0 Å². The predicted molar refractivity (Wildman–Crippen MR) is 105 cm³/mol. The number of nitrogens with one attached hydrogen (secondary N) is 1. The van der Waals surface area contributed by atoms with Gasteiger partial charge in [-0.1, -0.05) is 42.5 Å². The summed E-state index contributed by atoms with van der Waals surface area (Å²) < 4.78 is 6.32. The van der Waals surface area contributed by atoms with E-state index < -0.39 is 0 Å². The molecule has 0 spiro atoms. The number of hydrogen-bond acceptors (Lipinski definition) is 4. The van der Waals surface area contributed by atoms with Crippen LogP contribution in [0.3, 0.4) is 0 Å². The van der Waals surface area contributed by atoms with Gasteiger partial charge in [0.2, 0.25) is 0 Å². The normalized spacial score (nSPS) is 10.7. The summed E-state index contributed by atoms with van der Waals surface area (Å²) in [6.45, 7) is -0.136. The smallest absolute Gasteiger partial charge is 0.277 e. The van der Waals surface area contributed by atoms with Crippen molar-refractivity contribution in [2.45, 2.75) is 0 Å². The van der Waals surface area contributed by atoms with Crippen LogP contribution in [0.5, 0.6) is 5.75 Å². The highest BCUT2D eigenvalue weighted by atomic mass is 79.9. The lowest BCUT2D eigenvalue weighted by atomic mass is 10.1. The molecule has 0 atom stereocenters. The maximum absolute atomic E-state index is 11.8. The first-order chi connectivity index (χ1) is 12.7. The van der Waals surface area contributed by atoms with Crippen LogP contribution in [0.4, 0.5) is 0 Å². The van der Waals surface area contributed by atoms with Crippen LogP contribution in [0.1, 0.15) is 5.69 Å². The van der Waals surface area contributed by atoms with Crippen molar-refractivity contribution in [2.75, 3.05) is 6.61 Å². The molecule has 2 aromatic carbocycles. The Bertz CT molecular complexity index is 899. The molecule has 1 aromatic heterocycles. The van der Waals surface area contributed by atoms with E-state index in [1.54, 1.807) is 12.3 Å². The van der Waals surface area contributed by atoms with Gasteiger partial charge < -0.3 is 4.74 Å². The Labute approximate surface area is 159 Å². The molecule has 6 heteroatoms. The molecule has 0 unspecified atom stereocenters. The minimum Gasteiger partial charge on any atom is -0.483 e. The molecule has 1 amide bonds. The average Bonchev–Trinajstić information content (AvgIpc) is 2.68. The molecule has 0 aliphatic rings. The van der Waals surface area contributed by atoms with Gasteiger partial charge in [0, 0.05) is 6.20 Å². The van der Waals surface area contributed by atoms with Crippen LogP contribution in [-0.2, 0) is 4.79 Å². The van der Waals surface area contributed by atoms with Crippen molar-refractivity contribution >= 4 is 28.1 Å². The first-order valence-corrected chi connectivity index (χ1v) is 8.72. The Morgan fingerprint density at radius 1 is 1.08 bits per heavy atom. The van der Waals surface area contributed by atoms with E-state index in [0.717, 1.165) is 15.6 Å². The van der Waals surface area contributed by atoms with Gasteiger partial charge in [-0.05, 0) is 51.3 Å². The second kappa shape index (κ2) is 8.92. The largest absolute Gasteiger partial charge is 0.483 e. The van der Waals surface area contributed by atoms with E-state index in [9.17, 15) is 4.79 Å². The number of ether oxygens (including phenoxy) is 1. The van der Waals surface area contributed by atoms with Crippen LogP contribution in [0.25, 0.3) is 11.1 Å². The molecule has 1 N–H and O–H groups in total. The Hall–Kier alpha value is -2.99. The van der Waals surface area contributed by atoms with Gasteiger partial charge in [-0.15, -0.1) is 0 Å². The molecule has 0 fully saturated rings. The maximum Gasteiger partial charge on any atom is 0.277 e. The zero-order valence-corrected chi connectivity index (χ0v) is 15.4. The van der Waals surface area contributed by atoms with Crippen molar-refractivity contribution in [1.29, 1.82) is 0 Å². The number of aromatic nitrogens is 1. The topological polar surface area (TPSA) is 63.6 Å². The van der Waals surface area contributed by atoms with Gasteiger partial charge in [0.05, 0.1) is 16.4 Å². The van der Waals surface area contributed by atoms with Crippen LogP contribution in [0, 0.1) is 0 Å². The number of halogens is 1. The lowest BCUT2D eigenvalue weighted by Gasteiger charge is -2.09. The van der Waals surface area contributed by atoms with E-state index in [2.05, 4.69) is 31.4 Å². The zero-order chi connectivity index (χ0) is 18.2. The van der Waals surface area contributed by atoms with Gasteiger partial charge in [0.1, 0.15) is 5.75 Å². The fraction of sp³-hybridized carbons (Fsp3) is 0.0500. The second-order valence-corrected chi connectivity index (χ2v) is 6.20. The monoisotopic (exact) mass is 409 g/mol. The standard InChI is InChI=1S/C20H16BrN3O2/c21-18-12-16(15-6-2-1-3-7-15)9-10-19(18)26-14-20(25)24-23-13-17-8-4-5-11-22-17/h1-13H,14H2,(H,24,25)/b23-13+. The van der Waals surface area contributed by atoms with E-state index in [0.29, 0.717) is 11.4 Å². The number of nitrogens with zero attached hydrogens (tertiary/aromatic N) is 2. The van der Waals surface area contributed by atoms with Crippen molar-refractivity contribution in [1.82, 2.24) is 10.4 Å². The minimum absolute atomic E-state index is 0.136. The summed E-state index contributed by atoms with van der Waals surface area (Å²) in [6, 6.07) is 21.2. The molecule has 0 saturated heterocycles.